The molecule has 0 aliphatic heterocycles. The lowest BCUT2D eigenvalue weighted by molar-refractivity contribution is 1.55. The van der Waals surface area contributed by atoms with Gasteiger partial charge in [-0.2, -0.15) is 5.26 Å². The highest BCUT2D eigenvalue weighted by Crippen LogP contribution is 2.07. The standard InChI is InChI=1S/C9H6N2/c10-7-3-5-8-4-1-2-6-9(8)11/h1-2,4,6H,11H2. The van der Waals surface area contributed by atoms with Crippen molar-refractivity contribution in [2.24, 2.45) is 0 Å². The molecule has 0 bridgehead atoms. The highest BCUT2D eigenvalue weighted by Gasteiger charge is 1.89. The third-order valence-corrected chi connectivity index (χ3v) is 1.21. The predicted molar refractivity (Wildman–Crippen MR) is 43.3 cm³/mol. The van der Waals surface area contributed by atoms with E-state index < -0.39 is 0 Å². The zero-order chi connectivity index (χ0) is 8.10. The molecule has 2 heteroatoms. The van der Waals surface area contributed by atoms with Crippen LogP contribution < -0.4 is 5.73 Å². The van der Waals surface area contributed by atoms with E-state index in [-0.39, 0.29) is 0 Å². The molecule has 52 valence electrons. The average molecular weight is 142 g/mol. The van der Waals surface area contributed by atoms with Crippen molar-refractivity contribution in [1.82, 2.24) is 0 Å². The van der Waals surface area contributed by atoms with Crippen LogP contribution in [0, 0.1) is 23.2 Å². The number of nitrogens with two attached hydrogens (primary N) is 1. The molecule has 1 aromatic rings. The van der Waals surface area contributed by atoms with Crippen LogP contribution in [0.1, 0.15) is 5.56 Å². The minimum atomic E-state index is 0.607. The maximum absolute atomic E-state index is 8.15. The molecule has 0 saturated heterocycles. The zero-order valence-corrected chi connectivity index (χ0v) is 5.83. The molecule has 0 aliphatic carbocycles. The fourth-order valence-electron chi connectivity index (χ4n) is 0.706. The number of anilines is 1. The van der Waals surface area contributed by atoms with Crippen LogP contribution in [0.5, 0.6) is 0 Å². The summed E-state index contributed by atoms with van der Waals surface area (Å²) in [5.41, 5.74) is 6.86. The SMILES string of the molecule is N#CC#Cc1ccccc1N. The highest BCUT2D eigenvalue weighted by atomic mass is 14.5. The number of hydrogen-bond acceptors (Lipinski definition) is 2. The fraction of sp³-hybridized carbons (Fsp3) is 0. The van der Waals surface area contributed by atoms with Gasteiger partial charge >= 0.3 is 0 Å². The van der Waals surface area contributed by atoms with Gasteiger partial charge in [0.05, 0.1) is 0 Å². The van der Waals surface area contributed by atoms with Gasteiger partial charge in [-0.15, -0.1) is 0 Å². The third kappa shape index (κ3) is 1.74. The van der Waals surface area contributed by atoms with Crippen molar-refractivity contribution in [3.05, 3.63) is 29.8 Å². The van der Waals surface area contributed by atoms with Gasteiger partial charge in [0.2, 0.25) is 0 Å². The Kier molecular flexibility index (Phi) is 2.15. The molecule has 2 N–H and O–H groups in total. The normalized spacial score (nSPS) is 7.55. The Hall–Kier alpha value is -1.93. The fourth-order valence-corrected chi connectivity index (χ4v) is 0.706. The van der Waals surface area contributed by atoms with Crippen LogP contribution in [0.15, 0.2) is 24.3 Å². The monoisotopic (exact) mass is 142 g/mol. The lowest BCUT2D eigenvalue weighted by Crippen LogP contribution is -1.87. The van der Waals surface area contributed by atoms with Crippen LogP contribution in [0.3, 0.4) is 0 Å². The van der Waals surface area contributed by atoms with Crippen molar-refractivity contribution in [2.75, 3.05) is 5.73 Å². The quantitative estimate of drug-likeness (QED) is 0.436. The lowest BCUT2D eigenvalue weighted by Gasteiger charge is -1.93. The number of hydrogen-bond donors (Lipinski definition) is 1. The van der Waals surface area contributed by atoms with Gasteiger partial charge in [0.1, 0.15) is 0 Å². The Bertz CT molecular complexity index is 350. The molecule has 0 amide bonds. The van der Waals surface area contributed by atoms with Crippen LogP contribution in [0.2, 0.25) is 0 Å². The molecule has 11 heavy (non-hydrogen) atoms. The Morgan fingerprint density at radius 2 is 2.00 bits per heavy atom. The number of benzene rings is 1. The summed E-state index contributed by atoms with van der Waals surface area (Å²) in [6.45, 7) is 0. The van der Waals surface area contributed by atoms with Gasteiger partial charge in [0.25, 0.3) is 0 Å². The smallest absolute Gasteiger partial charge is 0.152 e. The van der Waals surface area contributed by atoms with E-state index >= 15 is 0 Å². The molecule has 0 spiro atoms. The van der Waals surface area contributed by atoms with E-state index in [1.807, 2.05) is 12.1 Å². The van der Waals surface area contributed by atoms with E-state index in [4.69, 9.17) is 11.0 Å². The first-order chi connectivity index (χ1) is 5.34. The van der Waals surface area contributed by atoms with E-state index in [1.54, 1.807) is 18.2 Å². The van der Waals surface area contributed by atoms with E-state index in [0.29, 0.717) is 11.3 Å². The molecule has 1 aromatic carbocycles. The highest BCUT2D eigenvalue weighted by molar-refractivity contribution is 5.56. The average Bonchev–Trinajstić information content (AvgIpc) is 2.03. The molecule has 0 aromatic heterocycles. The van der Waals surface area contributed by atoms with Gasteiger partial charge in [-0.1, -0.05) is 12.1 Å². The maximum atomic E-state index is 8.15. The Morgan fingerprint density at radius 3 is 2.64 bits per heavy atom. The van der Waals surface area contributed by atoms with Crippen molar-refractivity contribution in [3.63, 3.8) is 0 Å². The summed E-state index contributed by atoms with van der Waals surface area (Å²) in [5, 5.41) is 8.15. The Labute approximate surface area is 65.3 Å². The third-order valence-electron chi connectivity index (χ3n) is 1.21. The topological polar surface area (TPSA) is 49.8 Å². The van der Waals surface area contributed by atoms with Gasteiger partial charge in [-0.25, -0.2) is 0 Å². The molecule has 0 aliphatic rings. The first-order valence-corrected chi connectivity index (χ1v) is 3.09. The van der Waals surface area contributed by atoms with Crippen molar-refractivity contribution in [2.45, 2.75) is 0 Å². The van der Waals surface area contributed by atoms with E-state index in [2.05, 4.69) is 11.8 Å². The second kappa shape index (κ2) is 3.29. The Morgan fingerprint density at radius 1 is 1.27 bits per heavy atom. The minimum Gasteiger partial charge on any atom is -0.398 e. The summed E-state index contributed by atoms with van der Waals surface area (Å²) in [6, 6.07) is 8.91. The Balaban J connectivity index is 3.07. The van der Waals surface area contributed by atoms with Crippen LogP contribution in [-0.4, -0.2) is 0 Å². The first kappa shape index (κ1) is 7.18. The van der Waals surface area contributed by atoms with Crippen molar-refractivity contribution in [1.29, 1.82) is 5.26 Å². The molecule has 0 radical (unpaired) electrons. The van der Waals surface area contributed by atoms with Crippen LogP contribution in [0.25, 0.3) is 0 Å². The summed E-state index contributed by atoms with van der Waals surface area (Å²) >= 11 is 0. The largest absolute Gasteiger partial charge is 0.398 e. The molecule has 1 rings (SSSR count). The van der Waals surface area contributed by atoms with Crippen molar-refractivity contribution < 1.29 is 0 Å². The summed E-state index contributed by atoms with van der Waals surface area (Å²) in [7, 11) is 0. The van der Waals surface area contributed by atoms with Crippen LogP contribution in [-0.2, 0) is 0 Å². The molecule has 0 atom stereocenters. The minimum absolute atomic E-state index is 0.607. The number of nitrogens with zero attached hydrogens (tertiary/aromatic N) is 1. The lowest BCUT2D eigenvalue weighted by atomic mass is 10.2. The summed E-state index contributed by atoms with van der Waals surface area (Å²) in [4.78, 5) is 0. The maximum Gasteiger partial charge on any atom is 0.152 e. The van der Waals surface area contributed by atoms with Gasteiger partial charge in [0.15, 0.2) is 6.07 Å². The summed E-state index contributed by atoms with van der Waals surface area (Å²) in [5.74, 6) is 4.91. The zero-order valence-electron chi connectivity index (χ0n) is 5.83. The van der Waals surface area contributed by atoms with E-state index in [1.165, 1.54) is 0 Å². The van der Waals surface area contributed by atoms with Gasteiger partial charge in [-0.3, -0.25) is 0 Å². The van der Waals surface area contributed by atoms with Crippen molar-refractivity contribution in [3.8, 4) is 17.9 Å². The number of rotatable bonds is 0. The second-order valence-electron chi connectivity index (χ2n) is 1.95. The first-order valence-electron chi connectivity index (χ1n) is 3.09. The number of nitriles is 1. The molecule has 0 unspecified atom stereocenters. The van der Waals surface area contributed by atoms with Gasteiger partial charge in [0, 0.05) is 17.2 Å². The molecule has 0 fully saturated rings. The van der Waals surface area contributed by atoms with Crippen LogP contribution in [0.4, 0.5) is 5.69 Å². The summed E-state index contributed by atoms with van der Waals surface area (Å²) < 4.78 is 0. The second-order valence-corrected chi connectivity index (χ2v) is 1.95. The number of nitrogen functional groups attached to an aromatic ring is 1. The number of para-hydroxylation sites is 1. The van der Waals surface area contributed by atoms with Gasteiger partial charge in [-0.05, 0) is 18.1 Å². The van der Waals surface area contributed by atoms with Crippen LogP contribution >= 0.6 is 0 Å². The molecular formula is C9H6N2. The van der Waals surface area contributed by atoms with E-state index in [0.717, 1.165) is 0 Å². The predicted octanol–water partition coefficient (Wildman–Crippen LogP) is 1.14. The van der Waals surface area contributed by atoms with Crippen molar-refractivity contribution >= 4 is 5.69 Å². The molecule has 2 nitrogen and oxygen atoms in total. The van der Waals surface area contributed by atoms with E-state index in [9.17, 15) is 0 Å². The molecule has 0 saturated carbocycles. The summed E-state index contributed by atoms with van der Waals surface area (Å²) in [6.07, 6.45) is 0. The molecular weight excluding hydrogens is 136 g/mol. The van der Waals surface area contributed by atoms with Gasteiger partial charge < -0.3 is 5.73 Å². The molecule has 0 heterocycles.